The number of hydrogen-bond donors (Lipinski definition) is 0. The fraction of sp³-hybridized carbons (Fsp3) is 0.211. The summed E-state index contributed by atoms with van der Waals surface area (Å²) in [4.78, 5) is 4.25. The van der Waals surface area contributed by atoms with Gasteiger partial charge in [-0.1, -0.05) is 0 Å². The minimum absolute atomic E-state index is 0.259. The third-order valence-electron chi connectivity index (χ3n) is 3.95. The zero-order valence-corrected chi connectivity index (χ0v) is 14.8. The first-order valence-corrected chi connectivity index (χ1v) is 7.70. The lowest BCUT2D eigenvalue weighted by Crippen LogP contribution is -1.96. The Morgan fingerprint density at radius 3 is 2.12 bits per heavy atom. The summed E-state index contributed by atoms with van der Waals surface area (Å²) >= 11 is 0. The highest BCUT2D eigenvalue weighted by Crippen LogP contribution is 2.43. The molecule has 0 saturated heterocycles. The van der Waals surface area contributed by atoms with Crippen LogP contribution < -0.4 is 18.9 Å². The zero-order chi connectivity index (χ0) is 18.7. The van der Waals surface area contributed by atoms with Crippen LogP contribution in [-0.2, 0) is 0 Å². The van der Waals surface area contributed by atoms with Crippen molar-refractivity contribution in [1.82, 2.24) is 4.98 Å². The van der Waals surface area contributed by atoms with Gasteiger partial charge in [-0.25, -0.2) is 9.37 Å². The standard InChI is InChI=1S/C19H18FNO5/c1-22-11-5-6-12(14(20)7-11)19-18(21-10-26-19)13-8-16(24-3)17(25-4)9-15(13)23-2/h5-10H,1-4H3. The van der Waals surface area contributed by atoms with Crippen LogP contribution in [0.5, 0.6) is 23.0 Å². The van der Waals surface area contributed by atoms with Crippen LogP contribution in [0.2, 0.25) is 0 Å². The van der Waals surface area contributed by atoms with Gasteiger partial charge in [0.2, 0.25) is 0 Å². The molecule has 0 atom stereocenters. The first kappa shape index (κ1) is 17.6. The van der Waals surface area contributed by atoms with E-state index in [0.717, 1.165) is 0 Å². The van der Waals surface area contributed by atoms with Crippen molar-refractivity contribution in [1.29, 1.82) is 0 Å². The number of methoxy groups -OCH3 is 4. The molecule has 6 nitrogen and oxygen atoms in total. The molecule has 0 saturated carbocycles. The molecule has 2 aromatic carbocycles. The number of nitrogens with zero attached hydrogens (tertiary/aromatic N) is 1. The van der Waals surface area contributed by atoms with Crippen molar-refractivity contribution in [2.75, 3.05) is 28.4 Å². The molecule has 1 aromatic heterocycles. The van der Waals surface area contributed by atoms with Crippen LogP contribution >= 0.6 is 0 Å². The topological polar surface area (TPSA) is 63.0 Å². The van der Waals surface area contributed by atoms with Crippen molar-refractivity contribution in [2.24, 2.45) is 0 Å². The fourth-order valence-electron chi connectivity index (χ4n) is 2.65. The summed E-state index contributed by atoms with van der Waals surface area (Å²) in [6.07, 6.45) is 1.25. The van der Waals surface area contributed by atoms with Crippen molar-refractivity contribution in [3.05, 3.63) is 42.5 Å². The van der Waals surface area contributed by atoms with E-state index in [2.05, 4.69) is 4.98 Å². The van der Waals surface area contributed by atoms with Crippen molar-refractivity contribution < 1.29 is 27.8 Å². The monoisotopic (exact) mass is 359 g/mol. The molecule has 0 amide bonds. The van der Waals surface area contributed by atoms with E-state index in [1.54, 1.807) is 24.3 Å². The molecule has 26 heavy (non-hydrogen) atoms. The molecule has 0 spiro atoms. The van der Waals surface area contributed by atoms with E-state index in [1.807, 2.05) is 0 Å². The zero-order valence-electron chi connectivity index (χ0n) is 14.8. The molecule has 3 rings (SSSR count). The SMILES string of the molecule is COc1ccc(-c2ocnc2-c2cc(OC)c(OC)cc2OC)c(F)c1. The smallest absolute Gasteiger partial charge is 0.182 e. The largest absolute Gasteiger partial charge is 0.497 e. The molecule has 1 heterocycles. The number of benzene rings is 2. The molecule has 0 N–H and O–H groups in total. The van der Waals surface area contributed by atoms with E-state index in [-0.39, 0.29) is 11.3 Å². The van der Waals surface area contributed by atoms with Crippen LogP contribution in [0.1, 0.15) is 0 Å². The van der Waals surface area contributed by atoms with E-state index < -0.39 is 5.82 Å². The fourth-order valence-corrected chi connectivity index (χ4v) is 2.65. The van der Waals surface area contributed by atoms with E-state index in [4.69, 9.17) is 23.4 Å². The summed E-state index contributed by atoms with van der Waals surface area (Å²) in [6, 6.07) is 7.90. The van der Waals surface area contributed by atoms with Gasteiger partial charge in [-0.2, -0.15) is 0 Å². The second kappa shape index (κ2) is 7.35. The number of oxazole rings is 1. The molecule has 3 aromatic rings. The quantitative estimate of drug-likeness (QED) is 0.658. The lowest BCUT2D eigenvalue weighted by molar-refractivity contribution is 0.349. The Labute approximate surface area is 150 Å². The van der Waals surface area contributed by atoms with Crippen LogP contribution in [0.15, 0.2) is 41.1 Å². The molecule has 0 aliphatic carbocycles. The average molecular weight is 359 g/mol. The van der Waals surface area contributed by atoms with Crippen molar-refractivity contribution in [2.45, 2.75) is 0 Å². The van der Waals surface area contributed by atoms with Crippen molar-refractivity contribution in [3.8, 4) is 45.6 Å². The number of aromatic nitrogens is 1. The van der Waals surface area contributed by atoms with Gasteiger partial charge >= 0.3 is 0 Å². The summed E-state index contributed by atoms with van der Waals surface area (Å²) < 4.78 is 41.1. The van der Waals surface area contributed by atoms with Crippen LogP contribution in [-0.4, -0.2) is 33.4 Å². The highest BCUT2D eigenvalue weighted by atomic mass is 19.1. The van der Waals surface area contributed by atoms with Gasteiger partial charge in [-0.15, -0.1) is 0 Å². The summed E-state index contributed by atoms with van der Waals surface area (Å²) in [6.45, 7) is 0. The van der Waals surface area contributed by atoms with Crippen LogP contribution in [0.25, 0.3) is 22.6 Å². The van der Waals surface area contributed by atoms with E-state index in [1.165, 1.54) is 40.9 Å². The van der Waals surface area contributed by atoms with Gasteiger partial charge in [-0.3, -0.25) is 0 Å². The molecule has 0 fully saturated rings. The summed E-state index contributed by atoms with van der Waals surface area (Å²) in [5, 5.41) is 0. The normalized spacial score (nSPS) is 10.5. The van der Waals surface area contributed by atoms with Crippen LogP contribution in [0.4, 0.5) is 4.39 Å². The minimum atomic E-state index is -0.484. The predicted octanol–water partition coefficient (Wildman–Crippen LogP) is 4.18. The molecule has 0 unspecified atom stereocenters. The molecule has 0 aliphatic rings. The number of halogens is 1. The van der Waals surface area contributed by atoms with Gasteiger partial charge in [0.15, 0.2) is 23.7 Å². The number of rotatable bonds is 6. The summed E-state index contributed by atoms with van der Waals surface area (Å²) in [5.41, 5.74) is 1.27. The maximum absolute atomic E-state index is 14.5. The Morgan fingerprint density at radius 2 is 1.50 bits per heavy atom. The lowest BCUT2D eigenvalue weighted by atomic mass is 10.0. The lowest BCUT2D eigenvalue weighted by Gasteiger charge is -2.13. The number of ether oxygens (including phenoxy) is 4. The van der Waals surface area contributed by atoms with Crippen LogP contribution in [0, 0.1) is 5.82 Å². The van der Waals surface area contributed by atoms with Gasteiger partial charge in [0.05, 0.1) is 39.6 Å². The molecule has 136 valence electrons. The summed E-state index contributed by atoms with van der Waals surface area (Å²) in [5.74, 6) is 1.70. The first-order chi connectivity index (χ1) is 12.6. The van der Waals surface area contributed by atoms with Crippen molar-refractivity contribution in [3.63, 3.8) is 0 Å². The van der Waals surface area contributed by atoms with Gasteiger partial charge in [0, 0.05) is 12.1 Å². The predicted molar refractivity (Wildman–Crippen MR) is 93.5 cm³/mol. The average Bonchev–Trinajstić information content (AvgIpc) is 3.15. The third-order valence-corrected chi connectivity index (χ3v) is 3.95. The first-order valence-electron chi connectivity index (χ1n) is 7.70. The minimum Gasteiger partial charge on any atom is -0.497 e. The molecule has 0 bridgehead atoms. The molecule has 7 heteroatoms. The van der Waals surface area contributed by atoms with E-state index in [0.29, 0.717) is 34.3 Å². The van der Waals surface area contributed by atoms with E-state index in [9.17, 15) is 4.39 Å². The van der Waals surface area contributed by atoms with Gasteiger partial charge in [0.25, 0.3) is 0 Å². The second-order valence-corrected chi connectivity index (χ2v) is 5.28. The maximum Gasteiger partial charge on any atom is 0.182 e. The second-order valence-electron chi connectivity index (χ2n) is 5.28. The van der Waals surface area contributed by atoms with E-state index >= 15 is 0 Å². The third kappa shape index (κ3) is 3.03. The van der Waals surface area contributed by atoms with Crippen molar-refractivity contribution >= 4 is 0 Å². The number of hydrogen-bond acceptors (Lipinski definition) is 6. The molecular weight excluding hydrogens is 341 g/mol. The Bertz CT molecular complexity index is 922. The maximum atomic E-state index is 14.5. The van der Waals surface area contributed by atoms with Gasteiger partial charge in [-0.05, 0) is 18.2 Å². The van der Waals surface area contributed by atoms with Crippen LogP contribution in [0.3, 0.4) is 0 Å². The highest BCUT2D eigenvalue weighted by molar-refractivity contribution is 5.82. The Hall–Kier alpha value is -3.22. The Balaban J connectivity index is 2.17. The Morgan fingerprint density at radius 1 is 0.808 bits per heavy atom. The molecule has 0 aliphatic heterocycles. The van der Waals surface area contributed by atoms with Gasteiger partial charge in [0.1, 0.15) is 23.0 Å². The molecule has 0 radical (unpaired) electrons. The van der Waals surface area contributed by atoms with Gasteiger partial charge < -0.3 is 23.4 Å². The highest BCUT2D eigenvalue weighted by Gasteiger charge is 2.22. The summed E-state index contributed by atoms with van der Waals surface area (Å²) in [7, 11) is 6.06. The Kier molecular flexibility index (Phi) is 4.97. The molecular formula is C19H18FNO5.